The Morgan fingerprint density at radius 1 is 0.933 bits per heavy atom. The number of amides is 1. The molecule has 0 saturated heterocycles. The van der Waals surface area contributed by atoms with Crippen molar-refractivity contribution in [3.8, 4) is 5.75 Å². The summed E-state index contributed by atoms with van der Waals surface area (Å²) in [6, 6.07) is 18.8. The van der Waals surface area contributed by atoms with Gasteiger partial charge in [-0.3, -0.25) is 4.79 Å². The maximum atomic E-state index is 13.2. The summed E-state index contributed by atoms with van der Waals surface area (Å²) in [7, 11) is -2.44. The van der Waals surface area contributed by atoms with Crippen LogP contribution in [0.15, 0.2) is 76.5 Å². The molecule has 30 heavy (non-hydrogen) atoms. The van der Waals surface area contributed by atoms with Crippen LogP contribution in [0, 0.1) is 13.8 Å². The summed E-state index contributed by atoms with van der Waals surface area (Å²) >= 11 is 0. The fourth-order valence-electron chi connectivity index (χ4n) is 3.24. The Morgan fingerprint density at radius 2 is 1.60 bits per heavy atom. The van der Waals surface area contributed by atoms with Crippen LogP contribution >= 0.6 is 0 Å². The molecule has 0 aromatic heterocycles. The second kappa shape index (κ2) is 9.00. The predicted molar refractivity (Wildman–Crippen MR) is 118 cm³/mol. The molecular formula is C23H24N2O4S. The molecule has 0 aliphatic carbocycles. The number of methoxy groups -OCH3 is 1. The largest absolute Gasteiger partial charge is 0.495 e. The van der Waals surface area contributed by atoms with Crippen molar-refractivity contribution in [2.45, 2.75) is 23.6 Å². The SMILES string of the molecule is COc1cccc(NCC(=O)Nc2cc(C)cc(C)c2)c1S(=O)(=O)c1ccccc1. The normalized spacial score (nSPS) is 11.0. The lowest BCUT2D eigenvalue weighted by Gasteiger charge is -2.16. The van der Waals surface area contributed by atoms with E-state index >= 15 is 0 Å². The quantitative estimate of drug-likeness (QED) is 0.594. The van der Waals surface area contributed by atoms with Crippen LogP contribution in [-0.4, -0.2) is 28.0 Å². The van der Waals surface area contributed by atoms with Crippen molar-refractivity contribution in [2.24, 2.45) is 0 Å². The van der Waals surface area contributed by atoms with Crippen molar-refractivity contribution in [3.05, 3.63) is 77.9 Å². The Hall–Kier alpha value is -3.32. The van der Waals surface area contributed by atoms with Gasteiger partial charge in [-0.2, -0.15) is 0 Å². The Kier molecular flexibility index (Phi) is 6.42. The minimum absolute atomic E-state index is 0.00194. The van der Waals surface area contributed by atoms with Gasteiger partial charge >= 0.3 is 0 Å². The van der Waals surface area contributed by atoms with E-state index in [4.69, 9.17) is 4.74 Å². The first-order chi connectivity index (χ1) is 14.3. The van der Waals surface area contributed by atoms with Crippen molar-refractivity contribution in [1.29, 1.82) is 0 Å². The Labute approximate surface area is 176 Å². The van der Waals surface area contributed by atoms with Crippen LogP contribution in [0.1, 0.15) is 11.1 Å². The van der Waals surface area contributed by atoms with E-state index in [1.54, 1.807) is 36.4 Å². The lowest BCUT2D eigenvalue weighted by atomic mass is 10.1. The zero-order valence-electron chi connectivity index (χ0n) is 17.1. The summed E-state index contributed by atoms with van der Waals surface area (Å²) in [5, 5.41) is 5.77. The number of aryl methyl sites for hydroxylation is 2. The van der Waals surface area contributed by atoms with Gasteiger partial charge in [-0.05, 0) is 61.4 Å². The van der Waals surface area contributed by atoms with Crippen LogP contribution in [0.5, 0.6) is 5.75 Å². The lowest BCUT2D eigenvalue weighted by molar-refractivity contribution is -0.114. The van der Waals surface area contributed by atoms with E-state index in [-0.39, 0.29) is 28.0 Å². The summed E-state index contributed by atoms with van der Waals surface area (Å²) in [6.07, 6.45) is 0. The van der Waals surface area contributed by atoms with Gasteiger partial charge in [0.2, 0.25) is 15.7 Å². The molecule has 0 radical (unpaired) electrons. The number of anilines is 2. The van der Waals surface area contributed by atoms with E-state index in [1.807, 2.05) is 32.0 Å². The second-order valence-electron chi connectivity index (χ2n) is 6.93. The second-order valence-corrected chi connectivity index (χ2v) is 8.82. The molecule has 6 nitrogen and oxygen atoms in total. The van der Waals surface area contributed by atoms with Gasteiger partial charge in [0.25, 0.3) is 0 Å². The van der Waals surface area contributed by atoms with Gasteiger partial charge in [-0.25, -0.2) is 8.42 Å². The fourth-order valence-corrected chi connectivity index (χ4v) is 4.84. The summed E-state index contributed by atoms with van der Waals surface area (Å²) in [5.41, 5.74) is 3.08. The molecular weight excluding hydrogens is 400 g/mol. The van der Waals surface area contributed by atoms with Gasteiger partial charge < -0.3 is 15.4 Å². The van der Waals surface area contributed by atoms with Crippen LogP contribution in [0.2, 0.25) is 0 Å². The fraction of sp³-hybridized carbons (Fsp3) is 0.174. The molecule has 0 spiro atoms. The highest BCUT2D eigenvalue weighted by molar-refractivity contribution is 7.91. The number of hydrogen-bond donors (Lipinski definition) is 2. The van der Waals surface area contributed by atoms with Crippen molar-refractivity contribution in [2.75, 3.05) is 24.3 Å². The standard InChI is InChI=1S/C23H24N2O4S/c1-16-12-17(2)14-18(13-16)25-22(26)15-24-20-10-7-11-21(29-3)23(20)30(27,28)19-8-5-4-6-9-19/h4-14,24H,15H2,1-3H3,(H,25,26). The average molecular weight is 425 g/mol. The number of ether oxygens (including phenoxy) is 1. The zero-order chi connectivity index (χ0) is 21.7. The average Bonchev–Trinajstić information content (AvgIpc) is 2.71. The molecule has 3 aromatic carbocycles. The Bertz CT molecular complexity index is 1140. The number of nitrogens with one attached hydrogen (secondary N) is 2. The third kappa shape index (κ3) is 4.80. The van der Waals surface area contributed by atoms with Crippen LogP contribution in [0.4, 0.5) is 11.4 Å². The van der Waals surface area contributed by atoms with E-state index in [1.165, 1.54) is 19.2 Å². The van der Waals surface area contributed by atoms with Crippen molar-refractivity contribution < 1.29 is 17.9 Å². The van der Waals surface area contributed by atoms with Gasteiger partial charge in [0.05, 0.1) is 24.2 Å². The molecule has 0 fully saturated rings. The van der Waals surface area contributed by atoms with Gasteiger partial charge in [-0.1, -0.05) is 30.3 Å². The Morgan fingerprint density at radius 3 is 2.23 bits per heavy atom. The first kappa shape index (κ1) is 21.4. The van der Waals surface area contributed by atoms with Crippen LogP contribution in [0.3, 0.4) is 0 Å². The van der Waals surface area contributed by atoms with E-state index in [2.05, 4.69) is 10.6 Å². The topological polar surface area (TPSA) is 84.5 Å². The third-order valence-corrected chi connectivity index (χ3v) is 6.32. The number of rotatable bonds is 7. The molecule has 0 aliphatic heterocycles. The van der Waals surface area contributed by atoms with Gasteiger partial charge in [-0.15, -0.1) is 0 Å². The molecule has 3 aromatic rings. The molecule has 0 aliphatic rings. The van der Waals surface area contributed by atoms with Gasteiger partial charge in [0.1, 0.15) is 10.6 Å². The van der Waals surface area contributed by atoms with Crippen molar-refractivity contribution in [3.63, 3.8) is 0 Å². The number of carbonyl (C=O) groups is 1. The maximum Gasteiger partial charge on any atom is 0.243 e. The molecule has 7 heteroatoms. The summed E-state index contributed by atoms with van der Waals surface area (Å²) < 4.78 is 31.8. The summed E-state index contributed by atoms with van der Waals surface area (Å²) in [4.78, 5) is 12.6. The smallest absolute Gasteiger partial charge is 0.243 e. The minimum Gasteiger partial charge on any atom is -0.495 e. The third-order valence-electron chi connectivity index (χ3n) is 4.47. The van der Waals surface area contributed by atoms with Crippen LogP contribution in [0.25, 0.3) is 0 Å². The molecule has 1 amide bonds. The number of benzene rings is 3. The highest BCUT2D eigenvalue weighted by atomic mass is 32.2. The summed E-state index contributed by atoms with van der Waals surface area (Å²) in [5.74, 6) is -0.0792. The molecule has 0 heterocycles. The van der Waals surface area contributed by atoms with E-state index in [9.17, 15) is 13.2 Å². The predicted octanol–water partition coefficient (Wildman–Crippen LogP) is 4.20. The zero-order valence-corrected chi connectivity index (χ0v) is 17.9. The molecule has 0 unspecified atom stereocenters. The molecule has 156 valence electrons. The van der Waals surface area contributed by atoms with Crippen molar-refractivity contribution >= 4 is 27.1 Å². The van der Waals surface area contributed by atoms with Gasteiger partial charge in [0, 0.05) is 5.69 Å². The molecule has 0 atom stereocenters. The van der Waals surface area contributed by atoms with Crippen LogP contribution < -0.4 is 15.4 Å². The first-order valence-electron chi connectivity index (χ1n) is 9.40. The minimum atomic E-state index is -3.85. The number of sulfone groups is 1. The molecule has 0 bridgehead atoms. The van der Waals surface area contributed by atoms with E-state index in [0.29, 0.717) is 11.4 Å². The molecule has 2 N–H and O–H groups in total. The van der Waals surface area contributed by atoms with Crippen LogP contribution in [-0.2, 0) is 14.6 Å². The lowest BCUT2D eigenvalue weighted by Crippen LogP contribution is -2.23. The first-order valence-corrected chi connectivity index (χ1v) is 10.9. The van der Waals surface area contributed by atoms with Gasteiger partial charge in [0.15, 0.2) is 0 Å². The highest BCUT2D eigenvalue weighted by Crippen LogP contribution is 2.35. The van der Waals surface area contributed by atoms with E-state index < -0.39 is 9.84 Å². The number of carbonyl (C=O) groups excluding carboxylic acids is 1. The van der Waals surface area contributed by atoms with Crippen molar-refractivity contribution in [1.82, 2.24) is 0 Å². The Balaban J connectivity index is 1.85. The number of hydrogen-bond acceptors (Lipinski definition) is 5. The molecule has 3 rings (SSSR count). The maximum absolute atomic E-state index is 13.2. The van der Waals surface area contributed by atoms with E-state index in [0.717, 1.165) is 11.1 Å². The summed E-state index contributed by atoms with van der Waals surface area (Å²) in [6.45, 7) is 3.81. The monoisotopic (exact) mass is 424 g/mol. The highest BCUT2D eigenvalue weighted by Gasteiger charge is 2.26. The molecule has 0 saturated carbocycles.